The number of piperazine rings is 1. The average molecular weight is 623 g/mol. The van der Waals surface area contributed by atoms with Gasteiger partial charge in [-0.3, -0.25) is 19.4 Å². The number of ether oxygens (including phenoxy) is 1. The molecule has 2 aliphatic rings. The van der Waals surface area contributed by atoms with Crippen LogP contribution in [0.5, 0.6) is 5.75 Å². The first-order chi connectivity index (χ1) is 20.7. The number of anilines is 2. The van der Waals surface area contributed by atoms with Crippen molar-refractivity contribution >= 4 is 34.1 Å². The number of aromatic nitrogens is 1. The topological polar surface area (TPSA) is 96.1 Å². The molecule has 3 N–H and O–H groups in total. The maximum absolute atomic E-state index is 14.1. The Hall–Kier alpha value is -3.91. The number of hydrogen-bond acceptors (Lipinski definition) is 6. The highest BCUT2D eigenvalue weighted by Crippen LogP contribution is 2.47. The molecule has 14 heteroatoms. The summed E-state index contributed by atoms with van der Waals surface area (Å²) in [5.41, 5.74) is 5.27. The van der Waals surface area contributed by atoms with Gasteiger partial charge < -0.3 is 25.3 Å². The largest absolute Gasteiger partial charge is 0.492 e. The molecule has 0 radical (unpaired) electrons. The normalized spacial score (nSPS) is 18.6. The Bertz CT molecular complexity index is 1560. The second-order valence-corrected chi connectivity index (χ2v) is 11.4. The van der Waals surface area contributed by atoms with Gasteiger partial charge in [-0.1, -0.05) is 18.2 Å². The van der Waals surface area contributed by atoms with E-state index in [1.165, 1.54) is 0 Å². The summed E-state index contributed by atoms with van der Waals surface area (Å²) < 4.78 is 74.2. The molecule has 1 atom stereocenters. The van der Waals surface area contributed by atoms with Crippen LogP contribution in [0.4, 0.5) is 33.3 Å². The maximum Gasteiger partial charge on any atom is 0.458 e. The number of alkyl halides is 5. The van der Waals surface area contributed by atoms with Crippen LogP contribution in [0.15, 0.2) is 36.4 Å². The van der Waals surface area contributed by atoms with E-state index in [1.807, 2.05) is 30.1 Å². The fourth-order valence-electron chi connectivity index (χ4n) is 6.15. The van der Waals surface area contributed by atoms with Crippen molar-refractivity contribution in [1.82, 2.24) is 19.3 Å². The van der Waals surface area contributed by atoms with Crippen LogP contribution in [0.2, 0.25) is 0 Å². The minimum Gasteiger partial charge on any atom is -0.492 e. The lowest BCUT2D eigenvalue weighted by Gasteiger charge is -2.37. The zero-order valence-corrected chi connectivity index (χ0v) is 24.7. The van der Waals surface area contributed by atoms with Crippen LogP contribution >= 0.6 is 0 Å². The van der Waals surface area contributed by atoms with E-state index in [-0.39, 0.29) is 23.4 Å². The number of carbonyl (C=O) groups excluding carboxylic acids is 2. The number of nitrogens with zero attached hydrogens (tertiary/aromatic N) is 4. The first kappa shape index (κ1) is 31.5. The first-order valence-electron chi connectivity index (χ1n) is 14.3. The Morgan fingerprint density at radius 3 is 2.34 bits per heavy atom. The molecule has 0 aliphatic carbocycles. The average Bonchev–Trinajstić information content (AvgIpc) is 3.55. The highest BCUT2D eigenvalue weighted by atomic mass is 19.4. The van der Waals surface area contributed by atoms with Gasteiger partial charge in [0.15, 0.2) is 5.75 Å². The van der Waals surface area contributed by atoms with Crippen molar-refractivity contribution in [3.8, 4) is 5.75 Å². The van der Waals surface area contributed by atoms with E-state index in [0.29, 0.717) is 44.9 Å². The van der Waals surface area contributed by atoms with E-state index in [1.54, 1.807) is 17.7 Å². The van der Waals surface area contributed by atoms with Crippen LogP contribution in [0.3, 0.4) is 0 Å². The van der Waals surface area contributed by atoms with Crippen molar-refractivity contribution in [2.24, 2.45) is 7.05 Å². The minimum atomic E-state index is -5.86. The molecule has 2 aromatic carbocycles. The molecule has 0 unspecified atom stereocenters. The van der Waals surface area contributed by atoms with Crippen LogP contribution in [-0.2, 0) is 24.3 Å². The Morgan fingerprint density at radius 2 is 1.73 bits per heavy atom. The third-order valence-electron chi connectivity index (χ3n) is 8.54. The van der Waals surface area contributed by atoms with Crippen molar-refractivity contribution in [3.05, 3.63) is 53.2 Å². The summed E-state index contributed by atoms with van der Waals surface area (Å²) in [6, 6.07) is 8.20. The molecule has 2 aliphatic heterocycles. The number of likely N-dealkylation sites (tertiary alicyclic amines) is 1. The lowest BCUT2D eigenvalue weighted by Crippen LogP contribution is -2.52. The molecule has 0 bridgehead atoms. The number of aryl methyl sites for hydroxylation is 1. The number of carbonyl (C=O) groups is 2. The summed E-state index contributed by atoms with van der Waals surface area (Å²) in [6.07, 6.45) is -3.96. The van der Waals surface area contributed by atoms with Gasteiger partial charge >= 0.3 is 12.1 Å². The van der Waals surface area contributed by atoms with Crippen molar-refractivity contribution in [3.63, 3.8) is 0 Å². The van der Waals surface area contributed by atoms with Gasteiger partial charge in [0.05, 0.1) is 30.0 Å². The number of hydrogen-bond donors (Lipinski definition) is 2. The molecule has 9 nitrogen and oxygen atoms in total. The molecule has 2 amide bonds. The third-order valence-corrected chi connectivity index (χ3v) is 8.54. The number of nitrogen functional groups attached to an aromatic ring is 1. The Kier molecular flexibility index (Phi) is 8.51. The van der Waals surface area contributed by atoms with Crippen molar-refractivity contribution < 1.29 is 36.3 Å². The van der Waals surface area contributed by atoms with Crippen molar-refractivity contribution in [1.29, 1.82) is 0 Å². The van der Waals surface area contributed by atoms with Gasteiger partial charge in [-0.05, 0) is 50.2 Å². The summed E-state index contributed by atoms with van der Waals surface area (Å²) >= 11 is 0. The molecule has 0 saturated carbocycles. The smallest absolute Gasteiger partial charge is 0.458 e. The van der Waals surface area contributed by atoms with Crippen molar-refractivity contribution in [2.75, 3.05) is 57.9 Å². The van der Waals surface area contributed by atoms with Crippen LogP contribution in [-0.4, -0.2) is 90.2 Å². The Balaban J connectivity index is 1.34. The molecule has 238 valence electrons. The van der Waals surface area contributed by atoms with E-state index in [2.05, 4.69) is 15.1 Å². The Labute approximate surface area is 251 Å². The molecule has 44 heavy (non-hydrogen) atoms. The lowest BCUT2D eigenvalue weighted by molar-refractivity contribution is -0.289. The highest BCUT2D eigenvalue weighted by molar-refractivity contribution is 6.07. The molecule has 5 rings (SSSR count). The number of amides is 2. The standard InChI is InChI=1S/C30H35F5N6O3/c1-38-9-5-8-23(38)28(43)41-12-10-40(11-13-41)17-19-7-4-6-18-14-24(39(2)25(18)19)27(42)37-22-16-20(15-21(36)26(22)44-3)29(31,32)30(33,34)35/h4,6-7,14-16,23H,5,8-13,17,36H2,1-3H3,(H,37,42)/t23-/m0/s1. The number of rotatable bonds is 7. The van der Waals surface area contributed by atoms with Gasteiger partial charge in [0.25, 0.3) is 5.91 Å². The van der Waals surface area contributed by atoms with E-state index in [4.69, 9.17) is 10.5 Å². The summed E-state index contributed by atoms with van der Waals surface area (Å²) in [4.78, 5) is 32.6. The zero-order valence-electron chi connectivity index (χ0n) is 24.7. The van der Waals surface area contributed by atoms with E-state index in [9.17, 15) is 31.5 Å². The van der Waals surface area contributed by atoms with Crippen LogP contribution in [0.1, 0.15) is 34.5 Å². The van der Waals surface area contributed by atoms with E-state index in [0.717, 1.165) is 43.0 Å². The van der Waals surface area contributed by atoms with Crippen LogP contribution < -0.4 is 15.8 Å². The molecular weight excluding hydrogens is 587 g/mol. The number of fused-ring (bicyclic) bond motifs is 1. The zero-order chi connectivity index (χ0) is 32.0. The number of methoxy groups -OCH3 is 1. The van der Waals surface area contributed by atoms with E-state index < -0.39 is 34.9 Å². The second kappa shape index (κ2) is 11.9. The van der Waals surface area contributed by atoms with Gasteiger partial charge in [0.2, 0.25) is 5.91 Å². The van der Waals surface area contributed by atoms with Crippen LogP contribution in [0.25, 0.3) is 10.9 Å². The quantitative estimate of drug-likeness (QED) is 0.300. The summed E-state index contributed by atoms with van der Waals surface area (Å²) in [5, 5.41) is 3.16. The fraction of sp³-hybridized carbons (Fsp3) is 0.467. The molecule has 0 spiro atoms. The fourth-order valence-corrected chi connectivity index (χ4v) is 6.15. The van der Waals surface area contributed by atoms with Crippen LogP contribution in [0, 0.1) is 0 Å². The number of nitrogens with two attached hydrogens (primary N) is 1. The van der Waals surface area contributed by atoms with Crippen molar-refractivity contribution in [2.45, 2.75) is 37.5 Å². The summed E-state index contributed by atoms with van der Waals surface area (Å²) in [6.45, 7) is 4.13. The minimum absolute atomic E-state index is 0.0525. The maximum atomic E-state index is 14.1. The van der Waals surface area contributed by atoms with Gasteiger partial charge in [-0.2, -0.15) is 22.0 Å². The molecular formula is C30H35F5N6O3. The van der Waals surface area contributed by atoms with Gasteiger partial charge in [0.1, 0.15) is 5.69 Å². The highest BCUT2D eigenvalue weighted by Gasteiger charge is 2.59. The molecule has 1 aromatic heterocycles. The van der Waals surface area contributed by atoms with Gasteiger partial charge in [-0.15, -0.1) is 0 Å². The molecule has 3 heterocycles. The number of likely N-dealkylation sites (N-methyl/N-ethyl adjacent to an activating group) is 1. The number of benzene rings is 2. The van der Waals surface area contributed by atoms with E-state index >= 15 is 0 Å². The number of halogens is 5. The monoisotopic (exact) mass is 622 g/mol. The van der Waals surface area contributed by atoms with Gasteiger partial charge in [0, 0.05) is 50.7 Å². The number of para-hydroxylation sites is 1. The summed E-state index contributed by atoms with van der Waals surface area (Å²) in [5.74, 6) is -6.01. The molecule has 3 aromatic rings. The lowest BCUT2D eigenvalue weighted by atomic mass is 10.0. The molecule has 2 saturated heterocycles. The SMILES string of the molecule is COc1c(N)cc(C(F)(F)C(F)(F)F)cc1NC(=O)c1cc2cccc(CN3CCN(C(=O)[C@@H]4CCCN4C)CC3)c2n1C. The van der Waals surface area contributed by atoms with Gasteiger partial charge in [-0.25, -0.2) is 0 Å². The third kappa shape index (κ3) is 5.80. The molecule has 2 fully saturated rings. The second-order valence-electron chi connectivity index (χ2n) is 11.4. The first-order valence-corrected chi connectivity index (χ1v) is 14.3. The predicted molar refractivity (Wildman–Crippen MR) is 156 cm³/mol. The summed E-state index contributed by atoms with van der Waals surface area (Å²) in [7, 11) is 4.82. The Morgan fingerprint density at radius 1 is 1.02 bits per heavy atom. The predicted octanol–water partition coefficient (Wildman–Crippen LogP) is 4.41. The number of nitrogens with one attached hydrogen (secondary N) is 1.